The summed E-state index contributed by atoms with van der Waals surface area (Å²) in [6.45, 7) is 9.68. The minimum Gasteiger partial charge on any atom is -0.508 e. The second-order valence-corrected chi connectivity index (χ2v) is 8.62. The highest BCUT2D eigenvalue weighted by atomic mass is 16.5. The Labute approximate surface area is 167 Å². The fraction of sp³-hybridized carbons (Fsp3) is 0.500. The Balaban J connectivity index is 1.61. The van der Waals surface area contributed by atoms with Gasteiger partial charge in [-0.15, -0.1) is 0 Å². The molecule has 0 saturated carbocycles. The Hall–Kier alpha value is -2.36. The zero-order valence-corrected chi connectivity index (χ0v) is 17.3. The number of hydrogen-bond acceptors (Lipinski definition) is 4. The maximum absolute atomic E-state index is 10.6. The van der Waals surface area contributed by atoms with Crippen LogP contribution in [-0.4, -0.2) is 23.9 Å². The normalized spacial score (nSPS) is 19.8. The zero-order chi connectivity index (χ0) is 19.9. The van der Waals surface area contributed by atoms with E-state index >= 15 is 0 Å². The second-order valence-electron chi connectivity index (χ2n) is 8.62. The van der Waals surface area contributed by atoms with E-state index in [0.29, 0.717) is 19.0 Å². The summed E-state index contributed by atoms with van der Waals surface area (Å²) in [5, 5.41) is 10.6. The van der Waals surface area contributed by atoms with E-state index in [1.54, 1.807) is 6.07 Å². The summed E-state index contributed by atoms with van der Waals surface area (Å²) >= 11 is 0. The molecule has 2 aromatic rings. The monoisotopic (exact) mass is 382 g/mol. The summed E-state index contributed by atoms with van der Waals surface area (Å²) in [6.07, 6.45) is 3.77. The number of phenolic OH excluding ortho intramolecular Hbond substituents is 1. The molecule has 4 heteroatoms. The summed E-state index contributed by atoms with van der Waals surface area (Å²) in [6, 6.07) is 7.78. The van der Waals surface area contributed by atoms with Gasteiger partial charge in [-0.1, -0.05) is 13.0 Å². The third-order valence-electron chi connectivity index (χ3n) is 5.83. The van der Waals surface area contributed by atoms with Crippen LogP contribution in [0.3, 0.4) is 0 Å². The number of hydrogen-bond donors (Lipinski definition) is 1. The van der Waals surface area contributed by atoms with E-state index < -0.39 is 0 Å². The highest BCUT2D eigenvalue weighted by Crippen LogP contribution is 2.46. The average Bonchev–Trinajstić information content (AvgIpc) is 2.65. The number of benzene rings is 2. The van der Waals surface area contributed by atoms with Crippen molar-refractivity contribution in [3.63, 3.8) is 0 Å². The molecule has 0 radical (unpaired) electrons. The summed E-state index contributed by atoms with van der Waals surface area (Å²) in [7, 11) is 0. The van der Waals surface area contributed by atoms with Crippen LogP contribution in [0.5, 0.6) is 23.0 Å². The molecule has 4 nitrogen and oxygen atoms in total. The van der Waals surface area contributed by atoms with Gasteiger partial charge in [-0.25, -0.2) is 0 Å². The fourth-order valence-electron chi connectivity index (χ4n) is 4.24. The molecule has 0 unspecified atom stereocenters. The molecule has 0 aromatic heterocycles. The lowest BCUT2D eigenvalue weighted by molar-refractivity contribution is 0.0825. The number of rotatable bonds is 4. The molecule has 1 N–H and O–H groups in total. The van der Waals surface area contributed by atoms with Gasteiger partial charge in [-0.3, -0.25) is 0 Å². The molecule has 0 amide bonds. The highest BCUT2D eigenvalue weighted by molar-refractivity contribution is 5.57. The van der Waals surface area contributed by atoms with Crippen molar-refractivity contribution in [3.05, 3.63) is 46.5 Å². The number of phenols is 1. The maximum Gasteiger partial charge on any atom is 0.129 e. The van der Waals surface area contributed by atoms with Crippen LogP contribution in [0.15, 0.2) is 24.3 Å². The van der Waals surface area contributed by atoms with E-state index in [-0.39, 0.29) is 17.3 Å². The number of ether oxygens (including phenoxy) is 3. The van der Waals surface area contributed by atoms with E-state index in [4.69, 9.17) is 14.2 Å². The molecule has 0 saturated heterocycles. The predicted molar refractivity (Wildman–Crippen MR) is 110 cm³/mol. The zero-order valence-electron chi connectivity index (χ0n) is 17.3. The molecule has 150 valence electrons. The predicted octanol–water partition coefficient (Wildman–Crippen LogP) is 5.31. The van der Waals surface area contributed by atoms with Crippen molar-refractivity contribution in [3.8, 4) is 23.0 Å². The first-order valence-electron chi connectivity index (χ1n) is 10.3. The van der Waals surface area contributed by atoms with Crippen molar-refractivity contribution in [1.82, 2.24) is 0 Å². The van der Waals surface area contributed by atoms with Gasteiger partial charge in [0, 0.05) is 23.1 Å². The minimum atomic E-state index is -0.127. The average molecular weight is 383 g/mol. The van der Waals surface area contributed by atoms with Crippen LogP contribution in [-0.2, 0) is 12.8 Å². The molecule has 2 aliphatic rings. The molecule has 2 heterocycles. The fourth-order valence-corrected chi connectivity index (χ4v) is 4.24. The second kappa shape index (κ2) is 7.23. The van der Waals surface area contributed by atoms with Crippen LogP contribution in [0.2, 0.25) is 0 Å². The third kappa shape index (κ3) is 3.52. The van der Waals surface area contributed by atoms with Crippen LogP contribution in [0.1, 0.15) is 61.8 Å². The van der Waals surface area contributed by atoms with Gasteiger partial charge in [0.25, 0.3) is 0 Å². The molecule has 4 rings (SSSR count). The molecule has 2 aliphatic heterocycles. The Morgan fingerprint density at radius 2 is 2.04 bits per heavy atom. The van der Waals surface area contributed by atoms with Crippen molar-refractivity contribution in [2.75, 3.05) is 13.2 Å². The van der Waals surface area contributed by atoms with Crippen LogP contribution >= 0.6 is 0 Å². The van der Waals surface area contributed by atoms with E-state index in [1.165, 1.54) is 16.7 Å². The summed E-state index contributed by atoms with van der Waals surface area (Å²) in [5.41, 5.74) is 4.43. The van der Waals surface area contributed by atoms with Crippen LogP contribution in [0.4, 0.5) is 0 Å². The van der Waals surface area contributed by atoms with Crippen molar-refractivity contribution in [2.24, 2.45) is 0 Å². The van der Waals surface area contributed by atoms with E-state index in [9.17, 15) is 5.11 Å². The van der Waals surface area contributed by atoms with Crippen LogP contribution < -0.4 is 14.2 Å². The molecule has 0 bridgehead atoms. The molecule has 2 aromatic carbocycles. The van der Waals surface area contributed by atoms with Crippen molar-refractivity contribution in [1.29, 1.82) is 0 Å². The lowest BCUT2D eigenvalue weighted by atomic mass is 9.84. The van der Waals surface area contributed by atoms with Crippen molar-refractivity contribution in [2.45, 2.75) is 64.9 Å². The molecular weight excluding hydrogens is 352 g/mol. The number of fused-ring (bicyclic) bond motifs is 3. The van der Waals surface area contributed by atoms with Gasteiger partial charge < -0.3 is 19.3 Å². The molecule has 0 aliphatic carbocycles. The molecule has 28 heavy (non-hydrogen) atoms. The van der Waals surface area contributed by atoms with Crippen LogP contribution in [0, 0.1) is 6.92 Å². The number of aryl methyl sites for hydroxylation is 1. The van der Waals surface area contributed by atoms with E-state index in [0.717, 1.165) is 42.7 Å². The summed E-state index contributed by atoms with van der Waals surface area (Å²) in [4.78, 5) is 0. The van der Waals surface area contributed by atoms with E-state index in [2.05, 4.69) is 33.8 Å². The molecule has 1 atom stereocenters. The summed E-state index contributed by atoms with van der Waals surface area (Å²) in [5.74, 6) is 3.09. The summed E-state index contributed by atoms with van der Waals surface area (Å²) < 4.78 is 18.1. The van der Waals surface area contributed by atoms with Gasteiger partial charge in [0.2, 0.25) is 0 Å². The largest absolute Gasteiger partial charge is 0.508 e. The first kappa shape index (κ1) is 19.0. The molecule has 0 fully saturated rings. The Morgan fingerprint density at radius 3 is 2.79 bits per heavy atom. The van der Waals surface area contributed by atoms with Crippen molar-refractivity contribution < 1.29 is 19.3 Å². The van der Waals surface area contributed by atoms with E-state index in [1.807, 2.05) is 12.1 Å². The Bertz CT molecular complexity index is 885. The third-order valence-corrected chi connectivity index (χ3v) is 5.83. The molecule has 0 spiro atoms. The SMILES string of the molecule is CCCOc1ccc([C@@H]2COc3c(c(C)cc4c3CCC(C)(C)O4)C2)c(O)c1. The van der Waals surface area contributed by atoms with Gasteiger partial charge in [0.05, 0.1) is 13.2 Å². The minimum absolute atomic E-state index is 0.127. The quantitative estimate of drug-likeness (QED) is 0.778. The van der Waals surface area contributed by atoms with Gasteiger partial charge in [0.1, 0.15) is 28.6 Å². The first-order chi connectivity index (χ1) is 13.4. The lowest BCUT2D eigenvalue weighted by Gasteiger charge is -2.36. The van der Waals surface area contributed by atoms with Gasteiger partial charge in [-0.2, -0.15) is 0 Å². The first-order valence-corrected chi connectivity index (χ1v) is 10.3. The smallest absolute Gasteiger partial charge is 0.129 e. The van der Waals surface area contributed by atoms with Crippen molar-refractivity contribution >= 4 is 0 Å². The highest BCUT2D eigenvalue weighted by Gasteiger charge is 2.33. The Kier molecular flexibility index (Phi) is 4.90. The van der Waals surface area contributed by atoms with Gasteiger partial charge in [-0.05, 0) is 69.7 Å². The lowest BCUT2D eigenvalue weighted by Crippen LogP contribution is -2.33. The van der Waals surface area contributed by atoms with Crippen LogP contribution in [0.25, 0.3) is 0 Å². The van der Waals surface area contributed by atoms with Gasteiger partial charge in [0.15, 0.2) is 0 Å². The standard InChI is InChI=1S/C24H30O4/c1-5-10-26-17-6-7-18(21(25)13-17)16-12-20-15(2)11-22-19(23(20)27-14-16)8-9-24(3,4)28-22/h6-7,11,13,16,25H,5,8-10,12,14H2,1-4H3/t16-/m0/s1. The topological polar surface area (TPSA) is 47.9 Å². The maximum atomic E-state index is 10.6. The molecular formula is C24H30O4. The number of aromatic hydroxyl groups is 1. The Morgan fingerprint density at radius 1 is 1.21 bits per heavy atom. The van der Waals surface area contributed by atoms with Gasteiger partial charge >= 0.3 is 0 Å².